The summed E-state index contributed by atoms with van der Waals surface area (Å²) in [5.74, 6) is 0.746. The molecule has 2 saturated carbocycles. The van der Waals surface area contributed by atoms with Gasteiger partial charge in [-0.15, -0.1) is 0 Å². The fraction of sp³-hybridized carbons (Fsp3) is 0.606. The van der Waals surface area contributed by atoms with Crippen LogP contribution in [0.2, 0.25) is 0 Å². The minimum absolute atomic E-state index is 0.135. The third-order valence-corrected chi connectivity index (χ3v) is 9.60. The van der Waals surface area contributed by atoms with Crippen molar-refractivity contribution >= 4 is 28.8 Å². The van der Waals surface area contributed by atoms with E-state index >= 15 is 0 Å². The Morgan fingerprint density at radius 1 is 1.09 bits per heavy atom. The molecular formula is C33H47N7O4. The van der Waals surface area contributed by atoms with Crippen molar-refractivity contribution in [2.24, 2.45) is 18.9 Å². The molecule has 2 aromatic heterocycles. The number of nitrogens with zero attached hydrogens (tertiary/aromatic N) is 3. The molecule has 11 nitrogen and oxygen atoms in total. The Hall–Kier alpha value is -3.73. The lowest BCUT2D eigenvalue weighted by atomic mass is 9.77. The highest BCUT2D eigenvalue weighted by molar-refractivity contribution is 5.94. The second-order valence-electron chi connectivity index (χ2n) is 12.8. The number of aryl methyl sites for hydroxylation is 1. The van der Waals surface area contributed by atoms with E-state index in [-0.39, 0.29) is 36.3 Å². The molecule has 3 aromatic rings. The minimum Gasteiger partial charge on any atom is -0.383 e. The maximum absolute atomic E-state index is 13.9. The van der Waals surface area contributed by atoms with Crippen molar-refractivity contribution in [1.29, 1.82) is 0 Å². The zero-order valence-electron chi connectivity index (χ0n) is 26.4. The first kappa shape index (κ1) is 31.7. The maximum atomic E-state index is 13.9. The van der Waals surface area contributed by atoms with Crippen molar-refractivity contribution in [3.05, 3.63) is 47.5 Å². The molecule has 0 saturated heterocycles. The topological polar surface area (TPSA) is 143 Å². The van der Waals surface area contributed by atoms with Crippen LogP contribution in [0.3, 0.4) is 0 Å². The van der Waals surface area contributed by atoms with E-state index in [0.29, 0.717) is 29.5 Å². The summed E-state index contributed by atoms with van der Waals surface area (Å²) in [6.07, 6.45) is 11.3. The maximum Gasteiger partial charge on any atom is 0.270 e. The summed E-state index contributed by atoms with van der Waals surface area (Å²) in [5, 5.41) is 13.3. The van der Waals surface area contributed by atoms with Crippen LogP contribution in [0.1, 0.15) is 99.6 Å². The van der Waals surface area contributed by atoms with Gasteiger partial charge in [-0.25, -0.2) is 4.98 Å². The molecule has 2 aliphatic carbocycles. The smallest absolute Gasteiger partial charge is 0.270 e. The van der Waals surface area contributed by atoms with E-state index in [2.05, 4.69) is 26.0 Å². The van der Waals surface area contributed by atoms with Gasteiger partial charge in [0.25, 0.3) is 5.91 Å². The number of aromatic amines is 1. The van der Waals surface area contributed by atoms with Gasteiger partial charge in [0.05, 0.1) is 29.1 Å². The second kappa shape index (κ2) is 13.9. The number of nitrogens with one attached hydrogen (secondary N) is 4. The molecule has 1 unspecified atom stereocenters. The van der Waals surface area contributed by atoms with Crippen molar-refractivity contribution in [1.82, 2.24) is 35.7 Å². The predicted molar refractivity (Wildman–Crippen MR) is 168 cm³/mol. The van der Waals surface area contributed by atoms with E-state index in [0.717, 1.165) is 49.6 Å². The molecule has 0 bridgehead atoms. The van der Waals surface area contributed by atoms with Gasteiger partial charge in [0, 0.05) is 26.9 Å². The molecule has 2 aliphatic rings. The molecule has 2 heterocycles. The monoisotopic (exact) mass is 605 g/mol. The third kappa shape index (κ3) is 6.82. The van der Waals surface area contributed by atoms with Gasteiger partial charge < -0.3 is 25.7 Å². The van der Waals surface area contributed by atoms with Crippen LogP contribution in [0.5, 0.6) is 0 Å². The molecule has 3 atom stereocenters. The highest BCUT2D eigenvalue weighted by atomic mass is 16.5. The number of methoxy groups -OCH3 is 1. The van der Waals surface area contributed by atoms with Crippen molar-refractivity contribution in [2.75, 3.05) is 20.3 Å². The van der Waals surface area contributed by atoms with Gasteiger partial charge in [0.15, 0.2) is 0 Å². The summed E-state index contributed by atoms with van der Waals surface area (Å²) in [6, 6.07) is 6.59. The average Bonchev–Trinajstić information content (AvgIpc) is 3.62. The molecule has 4 N–H and O–H groups in total. The Morgan fingerprint density at radius 3 is 2.50 bits per heavy atom. The van der Waals surface area contributed by atoms with Crippen molar-refractivity contribution in [3.63, 3.8) is 0 Å². The van der Waals surface area contributed by atoms with Crippen LogP contribution in [0.25, 0.3) is 11.0 Å². The summed E-state index contributed by atoms with van der Waals surface area (Å²) >= 11 is 0. The number of benzene rings is 1. The summed E-state index contributed by atoms with van der Waals surface area (Å²) in [4.78, 5) is 48.4. The molecule has 2 fully saturated rings. The fourth-order valence-electron chi connectivity index (χ4n) is 6.68. The number of carbonyl (C=O) groups is 3. The first-order chi connectivity index (χ1) is 21.2. The number of fused-ring (bicyclic) bond motifs is 1. The highest BCUT2D eigenvalue weighted by Crippen LogP contribution is 2.34. The summed E-state index contributed by atoms with van der Waals surface area (Å²) in [7, 11) is 3.33. The Morgan fingerprint density at radius 2 is 1.86 bits per heavy atom. The van der Waals surface area contributed by atoms with Gasteiger partial charge in [-0.2, -0.15) is 5.10 Å². The molecule has 1 aromatic carbocycles. The molecular weight excluding hydrogens is 558 g/mol. The number of aromatic nitrogens is 4. The molecule has 238 valence electrons. The first-order valence-electron chi connectivity index (χ1n) is 16.1. The largest absolute Gasteiger partial charge is 0.383 e. The van der Waals surface area contributed by atoms with Gasteiger partial charge in [0.1, 0.15) is 17.6 Å². The normalized spacial score (nSPS) is 18.6. The van der Waals surface area contributed by atoms with Crippen LogP contribution in [0, 0.1) is 11.8 Å². The number of ether oxygens (including phenoxy) is 1. The van der Waals surface area contributed by atoms with Gasteiger partial charge >= 0.3 is 0 Å². The number of carbonyl (C=O) groups excluding carboxylic acids is 3. The molecule has 0 spiro atoms. The Labute approximate surface area is 259 Å². The second-order valence-corrected chi connectivity index (χ2v) is 12.8. The van der Waals surface area contributed by atoms with Crippen LogP contribution in [-0.4, -0.2) is 63.8 Å². The fourth-order valence-corrected chi connectivity index (χ4v) is 6.68. The highest BCUT2D eigenvalue weighted by Gasteiger charge is 2.41. The molecule has 0 radical (unpaired) electrons. The zero-order valence-corrected chi connectivity index (χ0v) is 26.4. The zero-order chi connectivity index (χ0) is 31.3. The molecule has 5 rings (SSSR count). The summed E-state index contributed by atoms with van der Waals surface area (Å²) in [5.41, 5.74) is 1.71. The van der Waals surface area contributed by atoms with Crippen molar-refractivity contribution in [2.45, 2.75) is 89.1 Å². The minimum atomic E-state index is -1.05. The number of hydrogen-bond acceptors (Lipinski definition) is 6. The van der Waals surface area contributed by atoms with E-state index in [1.807, 2.05) is 32.0 Å². The van der Waals surface area contributed by atoms with Crippen LogP contribution in [0.15, 0.2) is 30.5 Å². The van der Waals surface area contributed by atoms with Gasteiger partial charge in [-0.05, 0) is 68.7 Å². The Kier molecular flexibility index (Phi) is 10.0. The number of rotatable bonds is 13. The van der Waals surface area contributed by atoms with Gasteiger partial charge in [0.2, 0.25) is 11.8 Å². The van der Waals surface area contributed by atoms with Crippen LogP contribution in [0.4, 0.5) is 0 Å². The van der Waals surface area contributed by atoms with E-state index in [9.17, 15) is 14.4 Å². The quantitative estimate of drug-likeness (QED) is 0.231. The van der Waals surface area contributed by atoms with Crippen molar-refractivity contribution < 1.29 is 19.1 Å². The summed E-state index contributed by atoms with van der Waals surface area (Å²) < 4.78 is 7.13. The SMILES string of the molecule is CCNC(=O)[C@H](NC(=O)C(C)(COC)c1ccc2[nH]c([C@H](CC3CCCCC3)NC(=O)c3ccnn3C)nc2c1)C1CCC1. The number of imidazole rings is 1. The molecule has 11 heteroatoms. The number of hydrogen-bond donors (Lipinski definition) is 4. The Bertz CT molecular complexity index is 1460. The van der Waals surface area contributed by atoms with Crippen molar-refractivity contribution in [3.8, 4) is 0 Å². The molecule has 44 heavy (non-hydrogen) atoms. The van der Waals surface area contributed by atoms with E-state index in [1.54, 1.807) is 31.1 Å². The van der Waals surface area contributed by atoms with Crippen LogP contribution < -0.4 is 16.0 Å². The molecule has 0 aliphatic heterocycles. The number of amides is 3. The summed E-state index contributed by atoms with van der Waals surface area (Å²) in [6.45, 7) is 4.37. The van der Waals surface area contributed by atoms with E-state index in [4.69, 9.17) is 9.72 Å². The van der Waals surface area contributed by atoms with Gasteiger partial charge in [-0.3, -0.25) is 19.1 Å². The standard InChI is InChI=1S/C33H47N7O4/c1-5-34-31(42)28(22-12-9-13-22)39-32(43)33(2,20-44-4)23-14-15-24-25(19-23)37-29(36-24)26(18-21-10-7-6-8-11-21)38-30(41)27-16-17-35-40(27)3/h14-17,19,21-22,26,28H,5-13,18,20H2,1-4H3,(H,34,42)(H,36,37)(H,38,41)(H,39,43)/t26-,28+,33?/m0/s1. The number of H-pyrrole nitrogens is 1. The number of likely N-dealkylation sites (N-methyl/N-ethyl adjacent to an activating group) is 1. The van der Waals surface area contributed by atoms with Gasteiger partial charge in [-0.1, -0.05) is 44.6 Å². The lowest BCUT2D eigenvalue weighted by Crippen LogP contribution is -2.57. The first-order valence-corrected chi connectivity index (χ1v) is 16.1. The molecule has 3 amide bonds. The van der Waals surface area contributed by atoms with E-state index in [1.165, 1.54) is 19.3 Å². The van der Waals surface area contributed by atoms with Crippen LogP contribution in [-0.2, 0) is 26.8 Å². The van der Waals surface area contributed by atoms with E-state index < -0.39 is 11.5 Å². The van der Waals surface area contributed by atoms with Crippen LogP contribution >= 0.6 is 0 Å². The Balaban J connectivity index is 1.42. The lowest BCUT2D eigenvalue weighted by molar-refractivity contribution is -0.135. The average molecular weight is 606 g/mol. The lowest BCUT2D eigenvalue weighted by Gasteiger charge is -2.36. The predicted octanol–water partition coefficient (Wildman–Crippen LogP) is 4.06. The third-order valence-electron chi connectivity index (χ3n) is 9.60.